The van der Waals surface area contributed by atoms with Gasteiger partial charge in [0.15, 0.2) is 0 Å². The molecule has 2 heterocycles. The summed E-state index contributed by atoms with van der Waals surface area (Å²) in [5.41, 5.74) is 2.61. The second-order valence-electron chi connectivity index (χ2n) is 10.4. The molecule has 0 fully saturated rings. The molecule has 1 amide bonds. The highest BCUT2D eigenvalue weighted by atomic mass is 35.5. The first-order chi connectivity index (χ1) is 22.9. The normalized spacial score (nSPS) is 11.5. The third-order valence-corrected chi connectivity index (χ3v) is 8.30. The Morgan fingerprint density at radius 1 is 1.08 bits per heavy atom. The van der Waals surface area contributed by atoms with E-state index in [0.29, 0.717) is 55.8 Å². The number of halogens is 2. The zero-order valence-electron chi connectivity index (χ0n) is 25.2. The molecule has 0 bridgehead atoms. The van der Waals surface area contributed by atoms with Crippen LogP contribution in [0.2, 0.25) is 5.02 Å². The van der Waals surface area contributed by atoms with Crippen LogP contribution in [-0.4, -0.2) is 64.5 Å². The number of anilines is 2. The number of fused-ring (bicyclic) bond motifs is 1. The van der Waals surface area contributed by atoms with Crippen LogP contribution in [0.4, 0.5) is 20.7 Å². The molecule has 0 aliphatic rings. The standard InChI is InChI=1S/C31H29ClFN4O9PS/c1-48(41,42)12-11-37(31(38)44-19-45-47(39)40)16-24-7-10-28(46-24)21-5-8-27-25(14-21)30(35-18-34-27)36-23-6-9-29(26(32)15-23)43-17-20-3-2-4-22(33)13-20/h2-10,13-15,18,39-40H,11-12,16-17,19H2,1H3,(H,34,35,36). The molecule has 2 aromatic heterocycles. The molecule has 5 aromatic rings. The first-order valence-corrected chi connectivity index (χ1v) is 17.7. The molecule has 5 rings (SSSR count). The number of hydrogen-bond acceptors (Lipinski definition) is 12. The van der Waals surface area contributed by atoms with E-state index in [0.717, 1.165) is 11.2 Å². The average molecular weight is 719 g/mol. The predicted octanol–water partition coefficient (Wildman–Crippen LogP) is 6.17. The van der Waals surface area contributed by atoms with Crippen LogP contribution in [-0.2, 0) is 32.2 Å². The molecule has 3 N–H and O–H groups in total. The summed E-state index contributed by atoms with van der Waals surface area (Å²) in [6.45, 7) is -0.917. The Kier molecular flexibility index (Phi) is 11.4. The first-order valence-electron chi connectivity index (χ1n) is 14.1. The molecule has 48 heavy (non-hydrogen) atoms. The Morgan fingerprint density at radius 2 is 1.92 bits per heavy atom. The fourth-order valence-electron chi connectivity index (χ4n) is 4.46. The number of nitrogens with one attached hydrogen (secondary N) is 1. The van der Waals surface area contributed by atoms with E-state index in [1.807, 2.05) is 6.07 Å². The van der Waals surface area contributed by atoms with Crippen LogP contribution in [0, 0.1) is 5.82 Å². The Hall–Kier alpha value is -4.37. The van der Waals surface area contributed by atoms with Crippen molar-refractivity contribution in [2.24, 2.45) is 0 Å². The van der Waals surface area contributed by atoms with Crippen molar-refractivity contribution in [3.63, 3.8) is 0 Å². The summed E-state index contributed by atoms with van der Waals surface area (Å²) >= 11 is 6.48. The number of sulfone groups is 1. The minimum atomic E-state index is -3.41. The summed E-state index contributed by atoms with van der Waals surface area (Å²) in [7, 11) is -6.15. The largest absolute Gasteiger partial charge is 0.487 e. The highest BCUT2D eigenvalue weighted by molar-refractivity contribution is 7.90. The topological polar surface area (TPSA) is 174 Å². The first kappa shape index (κ1) is 35.0. The van der Waals surface area contributed by atoms with Crippen LogP contribution in [0.1, 0.15) is 11.3 Å². The van der Waals surface area contributed by atoms with Crippen molar-refractivity contribution in [1.29, 1.82) is 0 Å². The van der Waals surface area contributed by atoms with Gasteiger partial charge in [-0.05, 0) is 66.2 Å². The van der Waals surface area contributed by atoms with Gasteiger partial charge in [-0.2, -0.15) is 0 Å². The van der Waals surface area contributed by atoms with Gasteiger partial charge in [0.25, 0.3) is 0 Å². The van der Waals surface area contributed by atoms with Gasteiger partial charge in [0.1, 0.15) is 51.7 Å². The van der Waals surface area contributed by atoms with Crippen LogP contribution in [0.15, 0.2) is 83.5 Å². The SMILES string of the molecule is CS(=O)(=O)CCN(Cc1ccc(-c2ccc3ncnc(Nc4ccc(OCc5cccc(F)c5)c(Cl)c4)c3c2)o1)C(=O)OCOP(O)O. The summed E-state index contributed by atoms with van der Waals surface area (Å²) < 4.78 is 58.1. The molecule has 0 aliphatic carbocycles. The Morgan fingerprint density at radius 3 is 2.67 bits per heavy atom. The third kappa shape index (κ3) is 9.83. The highest BCUT2D eigenvalue weighted by Crippen LogP contribution is 2.33. The number of rotatable bonds is 14. The van der Waals surface area contributed by atoms with E-state index in [1.54, 1.807) is 54.6 Å². The lowest BCUT2D eigenvalue weighted by molar-refractivity contribution is 0.0281. The van der Waals surface area contributed by atoms with E-state index in [4.69, 9.17) is 35.3 Å². The molecule has 252 valence electrons. The van der Waals surface area contributed by atoms with E-state index >= 15 is 0 Å². The fourth-order valence-corrected chi connectivity index (χ4v) is 5.40. The molecular weight excluding hydrogens is 690 g/mol. The molecule has 0 aliphatic heterocycles. The highest BCUT2D eigenvalue weighted by Gasteiger charge is 2.20. The lowest BCUT2D eigenvalue weighted by Gasteiger charge is -2.20. The van der Waals surface area contributed by atoms with Crippen LogP contribution in [0.5, 0.6) is 5.75 Å². The molecule has 0 saturated heterocycles. The number of furan rings is 1. The average Bonchev–Trinajstić information content (AvgIpc) is 3.51. The third-order valence-electron chi connectivity index (χ3n) is 6.75. The van der Waals surface area contributed by atoms with Crippen LogP contribution < -0.4 is 10.1 Å². The van der Waals surface area contributed by atoms with Gasteiger partial charge in [0, 0.05) is 29.4 Å². The lowest BCUT2D eigenvalue weighted by atomic mass is 10.1. The van der Waals surface area contributed by atoms with E-state index in [1.165, 1.54) is 18.5 Å². The number of carbonyl (C=O) groups is 1. The molecule has 13 nitrogen and oxygen atoms in total. The van der Waals surface area contributed by atoms with Crippen LogP contribution >= 0.6 is 20.2 Å². The van der Waals surface area contributed by atoms with Crippen molar-refractivity contribution in [2.75, 3.05) is 30.7 Å². The van der Waals surface area contributed by atoms with Crippen molar-refractivity contribution in [2.45, 2.75) is 13.2 Å². The number of benzene rings is 3. The predicted molar refractivity (Wildman–Crippen MR) is 177 cm³/mol. The maximum Gasteiger partial charge on any atom is 0.412 e. The number of hydrogen-bond donors (Lipinski definition) is 3. The van der Waals surface area contributed by atoms with Crippen LogP contribution in [0.25, 0.3) is 22.2 Å². The summed E-state index contributed by atoms with van der Waals surface area (Å²) in [4.78, 5) is 40.2. The minimum Gasteiger partial charge on any atom is -0.487 e. The molecule has 0 unspecified atom stereocenters. The summed E-state index contributed by atoms with van der Waals surface area (Å²) in [6, 6.07) is 20.0. The molecule has 0 saturated carbocycles. The van der Waals surface area contributed by atoms with Crippen molar-refractivity contribution in [3.8, 4) is 17.1 Å². The smallest absolute Gasteiger partial charge is 0.412 e. The second kappa shape index (κ2) is 15.7. The number of ether oxygens (including phenoxy) is 2. The van der Waals surface area contributed by atoms with Gasteiger partial charge in [-0.1, -0.05) is 23.7 Å². The number of nitrogens with zero attached hydrogens (tertiary/aromatic N) is 3. The summed E-state index contributed by atoms with van der Waals surface area (Å²) in [6.07, 6.45) is 1.53. The fraction of sp³-hybridized carbons (Fsp3) is 0.194. The van der Waals surface area contributed by atoms with E-state index in [9.17, 15) is 17.6 Å². The van der Waals surface area contributed by atoms with Gasteiger partial charge in [-0.25, -0.2) is 27.6 Å². The second-order valence-corrected chi connectivity index (χ2v) is 13.8. The summed E-state index contributed by atoms with van der Waals surface area (Å²) in [5, 5.41) is 4.26. The van der Waals surface area contributed by atoms with Gasteiger partial charge in [-0.3, -0.25) is 9.42 Å². The monoisotopic (exact) mass is 718 g/mol. The van der Waals surface area contributed by atoms with Gasteiger partial charge < -0.3 is 29.0 Å². The van der Waals surface area contributed by atoms with Crippen LogP contribution in [0.3, 0.4) is 0 Å². The number of amides is 1. The number of carbonyl (C=O) groups excluding carboxylic acids is 1. The molecule has 3 aromatic carbocycles. The van der Waals surface area contributed by atoms with Crippen molar-refractivity contribution in [1.82, 2.24) is 14.9 Å². The van der Waals surface area contributed by atoms with Crippen molar-refractivity contribution < 1.29 is 45.8 Å². The Labute approximate surface area is 280 Å². The van der Waals surface area contributed by atoms with E-state index in [2.05, 4.69) is 19.8 Å². The Bertz CT molecular complexity index is 2020. The minimum absolute atomic E-state index is 0.131. The molecule has 0 radical (unpaired) electrons. The van der Waals surface area contributed by atoms with Crippen molar-refractivity contribution >= 4 is 58.5 Å². The maximum absolute atomic E-state index is 13.5. The van der Waals surface area contributed by atoms with Gasteiger partial charge in [-0.15, -0.1) is 0 Å². The van der Waals surface area contributed by atoms with Crippen molar-refractivity contribution in [3.05, 3.63) is 101 Å². The van der Waals surface area contributed by atoms with E-state index in [-0.39, 0.29) is 31.3 Å². The number of aromatic nitrogens is 2. The molecule has 17 heteroatoms. The zero-order chi connectivity index (χ0) is 34.3. The quantitative estimate of drug-likeness (QED) is 0.0881. The maximum atomic E-state index is 13.5. The zero-order valence-corrected chi connectivity index (χ0v) is 27.7. The lowest BCUT2D eigenvalue weighted by Crippen LogP contribution is -2.35. The molecular formula is C31H29ClFN4O9PS. The van der Waals surface area contributed by atoms with E-state index < -0.39 is 31.3 Å². The molecule has 0 atom stereocenters. The van der Waals surface area contributed by atoms with Gasteiger partial charge >= 0.3 is 14.7 Å². The molecule has 0 spiro atoms. The van der Waals surface area contributed by atoms with Gasteiger partial charge in [0.2, 0.25) is 6.79 Å². The summed E-state index contributed by atoms with van der Waals surface area (Å²) in [5.74, 6) is 1.02. The van der Waals surface area contributed by atoms with Gasteiger partial charge in [0.05, 0.1) is 22.8 Å². The Balaban J connectivity index is 1.31.